The summed E-state index contributed by atoms with van der Waals surface area (Å²) in [6.07, 6.45) is 0. The van der Waals surface area contributed by atoms with Gasteiger partial charge < -0.3 is 5.31 Å². The molecule has 0 atom stereocenters. The van der Waals surface area contributed by atoms with Crippen LogP contribution < -0.4 is 0 Å². The molecule has 2 N–H and O–H groups in total. The molecule has 2 nitrogen and oxygen atoms in total. The molecule has 7 heavy (non-hydrogen) atoms. The molecule has 0 aromatic heterocycles. The summed E-state index contributed by atoms with van der Waals surface area (Å²) in [4.78, 5) is 0. The Morgan fingerprint density at radius 2 is 1.86 bits per heavy atom. The van der Waals surface area contributed by atoms with Crippen LogP contribution in [-0.2, 0) is 0 Å². The molecule has 0 aliphatic rings. The maximum Gasteiger partial charge on any atom is 1.00 e. The summed E-state index contributed by atoms with van der Waals surface area (Å²) < 4.78 is 15.8. The van der Waals surface area contributed by atoms with E-state index in [1.807, 2.05) is 0 Å². The van der Waals surface area contributed by atoms with Crippen LogP contribution in [0.3, 0.4) is 0 Å². The second kappa shape index (κ2) is 1760. The van der Waals surface area contributed by atoms with E-state index in [1.165, 1.54) is 7.64 Å². The average Bonchev–Trinajstić information content (AvgIpc) is 1.78. The van der Waals surface area contributed by atoms with E-state index in [0.29, 0.717) is 0 Å². The van der Waals surface area contributed by atoms with Crippen molar-refractivity contribution < 1.29 is 5.81 Å². The topological polar surface area (TPSA) is 47.7 Å². The monoisotopic (exact) mass is 110 g/mol. The molecule has 0 rings (SSSR count). The van der Waals surface area contributed by atoms with Crippen LogP contribution in [-0.4, -0.2) is 15.3 Å². The van der Waals surface area contributed by atoms with Gasteiger partial charge in [0, 0.05) is 2.97 Å². The Hall–Kier alpha value is -0.270. The quantitative estimate of drug-likeness (QED) is 0.444. The molecule has 47 valence electrons. The minimum Gasteiger partial charge on any atom is 1.00 e. The van der Waals surface area contributed by atoms with E-state index in [4.69, 9.17) is 9.69 Å². The van der Waals surface area contributed by atoms with Gasteiger partial charge in [0.2, 0.25) is 0 Å². The van der Waals surface area contributed by atoms with Crippen LogP contribution in [0.2, 0.25) is 1.41 Å². The first-order valence-corrected chi connectivity index (χ1v) is 0.736. The van der Waals surface area contributed by atoms with Crippen molar-refractivity contribution in [3.63, 3.8) is 0 Å². The molecular formula is C3H19B2N2. The second-order valence-corrected chi connectivity index (χ2v) is 0. The fourth-order valence-electron chi connectivity index (χ4n) is 0. The van der Waals surface area contributed by atoms with Gasteiger partial charge in [-0.3, -0.25) is 0 Å². The zero-order valence-corrected chi connectivity index (χ0v) is 2.52. The predicted octanol–water partition coefficient (Wildman–Crippen LogP) is 1.57. The summed E-state index contributed by atoms with van der Waals surface area (Å²) in [5, 5.41) is 8.00. The van der Waals surface area contributed by atoms with Crippen LogP contribution in [0.5, 0.6) is 0 Å². The first-order valence-electron chi connectivity index (χ1n) is 2.18. The summed E-state index contributed by atoms with van der Waals surface area (Å²) in [7, 11) is 5.17. The molecule has 0 saturated carbocycles. The van der Waals surface area contributed by atoms with E-state index in [1.54, 1.807) is 0 Å². The standard InChI is InChI=1S/3CH4.BH3N.BHN.H2/c;;;2*1-2;/h3*1H4;2H,1H2;2H;1H/q;;;-1;;/p+1/i;;;2T;;1+2D. The van der Waals surface area contributed by atoms with Crippen LogP contribution in [0.25, 0.3) is 0 Å². The first kappa shape index (κ1) is 15.9. The van der Waals surface area contributed by atoms with Crippen LogP contribution in [0.1, 0.15) is 26.7 Å². The maximum absolute atomic E-state index is 5.83. The third kappa shape index (κ3) is 1090. The molecule has 1 radical (unpaired) electrons. The van der Waals surface area contributed by atoms with E-state index < -0.39 is 0 Å². The van der Waals surface area contributed by atoms with E-state index in [2.05, 4.69) is 12.9 Å². The number of rotatable bonds is 0. The molecule has 0 unspecified atom stereocenters. The largest absolute Gasteiger partial charge is 1.00 e. The SMILES string of the molecule is C.C.C.[2H][3H].[3H]N=[BH2-].[B]=N.[H+]. The summed E-state index contributed by atoms with van der Waals surface area (Å²) in [5.41, 5.74) is 0. The van der Waals surface area contributed by atoms with Gasteiger partial charge in [0.1, 0.15) is 1.41 Å². The van der Waals surface area contributed by atoms with Crippen molar-refractivity contribution in [2.75, 3.05) is 0 Å². The zero-order valence-electron chi connectivity index (χ0n) is 6.52. The predicted molar refractivity (Wildman–Crippen MR) is 43.2 cm³/mol. The molecule has 0 fully saturated rings. The van der Waals surface area contributed by atoms with Gasteiger partial charge in [-0.25, -0.2) is 0 Å². The average molecular weight is 110 g/mol. The fraction of sp³-hybridized carbons (Fsp3) is 1.00. The molecule has 4 heteroatoms. The minimum atomic E-state index is 0. The van der Waals surface area contributed by atoms with Gasteiger partial charge in [-0.15, -0.1) is 0 Å². The summed E-state index contributed by atoms with van der Waals surface area (Å²) >= 11 is 0. The van der Waals surface area contributed by atoms with Gasteiger partial charge in [-0.1, -0.05) is 29.9 Å². The fourth-order valence-corrected chi connectivity index (χ4v) is 0. The molecule has 0 saturated heterocycles. The Morgan fingerprint density at radius 3 is 1.86 bits per heavy atom. The smallest absolute Gasteiger partial charge is 1.00 e. The van der Waals surface area contributed by atoms with E-state index >= 15 is 0 Å². The number of hydrogen-bond acceptors (Lipinski definition) is 2. The molecule has 0 bridgehead atoms. The Labute approximate surface area is 55.2 Å². The normalized spacial score (nSPS) is 3.57. The van der Waals surface area contributed by atoms with Crippen LogP contribution in [0, 0.1) is 10.6 Å². The number of nitrogens with one attached hydrogen (secondary N) is 2. The van der Waals surface area contributed by atoms with E-state index in [-0.39, 0.29) is 23.7 Å². The molecule has 0 aromatic rings. The van der Waals surface area contributed by atoms with E-state index in [9.17, 15) is 0 Å². The van der Waals surface area contributed by atoms with Gasteiger partial charge in [-0.2, -0.15) is 0 Å². The first-order chi connectivity index (χ1) is 3.41. The van der Waals surface area contributed by atoms with Crippen molar-refractivity contribution in [2.24, 2.45) is 0 Å². The molecule has 0 aromatic carbocycles. The van der Waals surface area contributed by atoms with Gasteiger partial charge >= 0.3 is 14.4 Å². The summed E-state index contributed by atoms with van der Waals surface area (Å²) in [6, 6.07) is 0. The second-order valence-electron chi connectivity index (χ2n) is 0. The molecule has 0 aliphatic heterocycles. The van der Waals surface area contributed by atoms with Crippen molar-refractivity contribution in [3.8, 4) is 0 Å². The van der Waals surface area contributed by atoms with Crippen molar-refractivity contribution in [3.05, 3.63) is 0 Å². The van der Waals surface area contributed by atoms with Crippen LogP contribution in [0.4, 0.5) is 0 Å². The summed E-state index contributed by atoms with van der Waals surface area (Å²) in [5.74, 6) is 0. The molecular weight excluding hydrogens is 85.7 g/mol. The molecule has 0 aliphatic carbocycles. The van der Waals surface area contributed by atoms with Gasteiger partial charge in [0.05, 0.1) is 0 Å². The van der Waals surface area contributed by atoms with Crippen molar-refractivity contribution >= 4 is 15.3 Å². The van der Waals surface area contributed by atoms with Crippen molar-refractivity contribution in [1.82, 2.24) is 0 Å². The third-order valence-corrected chi connectivity index (χ3v) is 0. The minimum absolute atomic E-state index is 0. The molecule has 0 spiro atoms. The van der Waals surface area contributed by atoms with Gasteiger partial charge in [0.25, 0.3) is 0 Å². The zero-order chi connectivity index (χ0) is 6.71. The maximum atomic E-state index is 5.83. The third-order valence-electron chi connectivity index (χ3n) is 0. The Morgan fingerprint density at radius 1 is 1.86 bits per heavy atom. The van der Waals surface area contributed by atoms with Gasteiger partial charge in [-0.05, 0) is 0 Å². The van der Waals surface area contributed by atoms with Crippen LogP contribution in [0.15, 0.2) is 0 Å². The summed E-state index contributed by atoms with van der Waals surface area (Å²) in [6.45, 7) is 0. The van der Waals surface area contributed by atoms with Crippen LogP contribution >= 0.6 is 0 Å². The Kier molecular flexibility index (Phi) is 3990. The van der Waals surface area contributed by atoms with Crippen molar-refractivity contribution in [1.29, 1.82) is 10.6 Å². The van der Waals surface area contributed by atoms with E-state index in [0.717, 1.165) is 0 Å². The Bertz CT molecular complexity index is 35.3. The van der Waals surface area contributed by atoms with Gasteiger partial charge in [0.15, 0.2) is 0 Å². The number of hydrogen-bond donors (Lipinski definition) is 2. The molecule has 0 heterocycles. The van der Waals surface area contributed by atoms with Crippen molar-refractivity contribution in [2.45, 2.75) is 22.3 Å². The molecule has 0 amide bonds. The Balaban J connectivity index is -0.00000000378.